The van der Waals surface area contributed by atoms with E-state index in [1.807, 2.05) is 4.90 Å². The lowest BCUT2D eigenvalue weighted by atomic mass is 10.0. The fourth-order valence-electron chi connectivity index (χ4n) is 3.02. The summed E-state index contributed by atoms with van der Waals surface area (Å²) in [5.74, 6) is 2.15. The van der Waals surface area contributed by atoms with Gasteiger partial charge in [-0.3, -0.25) is 9.59 Å². The Hall–Kier alpha value is -0.710. The van der Waals surface area contributed by atoms with Gasteiger partial charge in [0.15, 0.2) is 0 Å². The van der Waals surface area contributed by atoms with Gasteiger partial charge in [-0.15, -0.1) is 0 Å². The molecule has 1 aliphatic heterocycles. The highest BCUT2D eigenvalue weighted by molar-refractivity contribution is 7.98. The smallest absolute Gasteiger partial charge is 0.246 e. The van der Waals surface area contributed by atoms with Crippen LogP contribution in [0.2, 0.25) is 0 Å². The van der Waals surface area contributed by atoms with Crippen LogP contribution in [0, 0.1) is 11.8 Å². The molecule has 2 amide bonds. The molecule has 3 fully saturated rings. The Morgan fingerprint density at radius 2 is 1.89 bits per heavy atom. The van der Waals surface area contributed by atoms with Crippen LogP contribution < -0.4 is 5.32 Å². The minimum atomic E-state index is -0.225. The van der Waals surface area contributed by atoms with Crippen molar-refractivity contribution in [1.82, 2.24) is 10.2 Å². The van der Waals surface area contributed by atoms with Crippen molar-refractivity contribution in [2.24, 2.45) is 11.8 Å². The van der Waals surface area contributed by atoms with Crippen LogP contribution in [-0.4, -0.2) is 47.4 Å². The SMILES string of the molecule is CSCCCN1C(=O)C(C2CC2)NC(=O)C1C1CC1. The van der Waals surface area contributed by atoms with Gasteiger partial charge >= 0.3 is 0 Å². The molecule has 3 aliphatic rings. The van der Waals surface area contributed by atoms with Crippen LogP contribution in [0.1, 0.15) is 32.1 Å². The van der Waals surface area contributed by atoms with Crippen molar-refractivity contribution in [1.29, 1.82) is 0 Å². The molecule has 0 bridgehead atoms. The Bertz CT molecular complexity index is 380. The Kier molecular flexibility index (Phi) is 3.74. The third-order valence-electron chi connectivity index (χ3n) is 4.36. The van der Waals surface area contributed by atoms with Gasteiger partial charge in [0.25, 0.3) is 0 Å². The monoisotopic (exact) mass is 282 g/mol. The summed E-state index contributed by atoms with van der Waals surface area (Å²) in [4.78, 5) is 26.8. The lowest BCUT2D eigenvalue weighted by Gasteiger charge is -2.39. The van der Waals surface area contributed by atoms with Gasteiger partial charge in [0.1, 0.15) is 12.1 Å². The molecule has 0 aromatic carbocycles. The number of nitrogens with zero attached hydrogens (tertiary/aromatic N) is 1. The van der Waals surface area contributed by atoms with Crippen LogP contribution in [0.15, 0.2) is 0 Å². The van der Waals surface area contributed by atoms with E-state index in [9.17, 15) is 9.59 Å². The summed E-state index contributed by atoms with van der Waals surface area (Å²) in [6, 6.07) is -0.402. The highest BCUT2D eigenvalue weighted by atomic mass is 32.2. The average molecular weight is 282 g/mol. The highest BCUT2D eigenvalue weighted by Gasteiger charge is 2.50. The Balaban J connectivity index is 1.71. The van der Waals surface area contributed by atoms with Crippen molar-refractivity contribution in [2.75, 3.05) is 18.6 Å². The standard InChI is InChI=1S/C14H22N2O2S/c1-19-8-2-7-16-12(10-5-6-10)13(17)15-11(14(16)18)9-3-4-9/h9-12H,2-8H2,1H3,(H,15,17). The third kappa shape index (κ3) is 2.76. The van der Waals surface area contributed by atoms with Crippen molar-refractivity contribution in [3.63, 3.8) is 0 Å². The quantitative estimate of drug-likeness (QED) is 0.746. The molecule has 5 heteroatoms. The lowest BCUT2D eigenvalue weighted by Crippen LogP contribution is -2.64. The number of piperazine rings is 1. The van der Waals surface area contributed by atoms with E-state index in [0.717, 1.165) is 44.4 Å². The molecule has 0 spiro atoms. The van der Waals surface area contributed by atoms with Gasteiger partial charge in [0.05, 0.1) is 0 Å². The maximum absolute atomic E-state index is 12.6. The van der Waals surface area contributed by atoms with E-state index in [-0.39, 0.29) is 23.9 Å². The Labute approximate surface area is 118 Å². The number of hydrogen-bond donors (Lipinski definition) is 1. The lowest BCUT2D eigenvalue weighted by molar-refractivity contribution is -0.150. The van der Waals surface area contributed by atoms with Crippen LogP contribution in [0.5, 0.6) is 0 Å². The third-order valence-corrected chi connectivity index (χ3v) is 5.06. The predicted octanol–water partition coefficient (Wildman–Crippen LogP) is 1.26. The summed E-state index contributed by atoms with van der Waals surface area (Å²) >= 11 is 1.80. The normalized spacial score (nSPS) is 31.5. The molecule has 1 heterocycles. The molecule has 2 unspecified atom stereocenters. The van der Waals surface area contributed by atoms with E-state index in [4.69, 9.17) is 0 Å². The minimum Gasteiger partial charge on any atom is -0.342 e. The van der Waals surface area contributed by atoms with Crippen LogP contribution in [0.3, 0.4) is 0 Å². The second kappa shape index (κ2) is 5.35. The van der Waals surface area contributed by atoms with E-state index in [0.29, 0.717) is 11.8 Å². The van der Waals surface area contributed by atoms with Crippen molar-refractivity contribution >= 4 is 23.6 Å². The first-order valence-electron chi connectivity index (χ1n) is 7.32. The summed E-state index contributed by atoms with van der Waals surface area (Å²) in [5, 5.41) is 2.98. The zero-order chi connectivity index (χ0) is 13.4. The second-order valence-electron chi connectivity index (χ2n) is 5.98. The Morgan fingerprint density at radius 3 is 2.47 bits per heavy atom. The molecule has 1 N–H and O–H groups in total. The summed E-state index contributed by atoms with van der Waals surface area (Å²) < 4.78 is 0. The summed E-state index contributed by atoms with van der Waals surface area (Å²) in [6.07, 6.45) is 7.43. The van der Waals surface area contributed by atoms with Crippen LogP contribution in [0.4, 0.5) is 0 Å². The van der Waals surface area contributed by atoms with Gasteiger partial charge in [-0.2, -0.15) is 11.8 Å². The molecular formula is C14H22N2O2S. The molecule has 4 nitrogen and oxygen atoms in total. The summed E-state index contributed by atoms with van der Waals surface area (Å²) in [5.41, 5.74) is 0. The fourth-order valence-corrected chi connectivity index (χ4v) is 3.43. The number of hydrogen-bond acceptors (Lipinski definition) is 3. The van der Waals surface area contributed by atoms with Gasteiger partial charge in [-0.05, 0) is 55.9 Å². The van der Waals surface area contributed by atoms with Gasteiger partial charge in [0, 0.05) is 6.54 Å². The first-order chi connectivity index (χ1) is 9.22. The predicted molar refractivity (Wildman–Crippen MR) is 75.9 cm³/mol. The van der Waals surface area contributed by atoms with Gasteiger partial charge in [-0.1, -0.05) is 0 Å². The number of rotatable bonds is 6. The van der Waals surface area contributed by atoms with Crippen LogP contribution in [-0.2, 0) is 9.59 Å². The number of carbonyl (C=O) groups is 2. The topological polar surface area (TPSA) is 49.4 Å². The van der Waals surface area contributed by atoms with Crippen LogP contribution in [0.25, 0.3) is 0 Å². The number of thioether (sulfide) groups is 1. The van der Waals surface area contributed by atoms with Crippen LogP contribution >= 0.6 is 11.8 Å². The van der Waals surface area contributed by atoms with Crippen molar-refractivity contribution < 1.29 is 9.59 Å². The molecule has 1 saturated heterocycles. The maximum Gasteiger partial charge on any atom is 0.246 e. The summed E-state index contributed by atoms with van der Waals surface area (Å²) in [6.45, 7) is 0.747. The molecule has 19 heavy (non-hydrogen) atoms. The number of amides is 2. The first-order valence-corrected chi connectivity index (χ1v) is 8.71. The van der Waals surface area contributed by atoms with Gasteiger partial charge in [0.2, 0.25) is 11.8 Å². The summed E-state index contributed by atoms with van der Waals surface area (Å²) in [7, 11) is 0. The molecule has 2 atom stereocenters. The minimum absolute atomic E-state index is 0.100. The van der Waals surface area contributed by atoms with Crippen molar-refractivity contribution in [2.45, 2.75) is 44.2 Å². The van der Waals surface area contributed by atoms with E-state index in [1.165, 1.54) is 0 Å². The van der Waals surface area contributed by atoms with Crippen molar-refractivity contribution in [3.05, 3.63) is 0 Å². The van der Waals surface area contributed by atoms with Crippen molar-refractivity contribution in [3.8, 4) is 0 Å². The highest BCUT2D eigenvalue weighted by Crippen LogP contribution is 2.40. The maximum atomic E-state index is 12.6. The second-order valence-corrected chi connectivity index (χ2v) is 6.97. The zero-order valence-electron chi connectivity index (χ0n) is 11.4. The van der Waals surface area contributed by atoms with E-state index in [2.05, 4.69) is 11.6 Å². The molecular weight excluding hydrogens is 260 g/mol. The van der Waals surface area contributed by atoms with Gasteiger partial charge < -0.3 is 10.2 Å². The Morgan fingerprint density at radius 1 is 1.21 bits per heavy atom. The van der Waals surface area contributed by atoms with E-state index in [1.54, 1.807) is 11.8 Å². The molecule has 0 aromatic rings. The molecule has 3 rings (SSSR count). The largest absolute Gasteiger partial charge is 0.342 e. The molecule has 2 aliphatic carbocycles. The van der Waals surface area contributed by atoms with Gasteiger partial charge in [-0.25, -0.2) is 0 Å². The molecule has 0 radical (unpaired) electrons. The first kappa shape index (κ1) is 13.3. The fraction of sp³-hybridized carbons (Fsp3) is 0.857. The van der Waals surface area contributed by atoms with E-state index < -0.39 is 0 Å². The van der Waals surface area contributed by atoms with E-state index >= 15 is 0 Å². The molecule has 2 saturated carbocycles. The average Bonchev–Trinajstić information content (AvgIpc) is 3.26. The zero-order valence-corrected chi connectivity index (χ0v) is 12.2. The number of carbonyl (C=O) groups excluding carboxylic acids is 2. The number of nitrogens with one attached hydrogen (secondary N) is 1. The molecule has 0 aromatic heterocycles. The molecule has 106 valence electrons.